The maximum Gasteiger partial charge on any atom is 0.416 e. The SMILES string of the molecule is C[C@H](Sc1nc2c3ccccc3ncn2n1)C(=O)Nc1cccc(C(F)(F)F)c1. The highest BCUT2D eigenvalue weighted by molar-refractivity contribution is 8.00. The molecule has 0 aliphatic carbocycles. The summed E-state index contributed by atoms with van der Waals surface area (Å²) in [5, 5.41) is 7.39. The maximum atomic E-state index is 12.8. The summed E-state index contributed by atoms with van der Waals surface area (Å²) < 4.78 is 40.0. The zero-order chi connectivity index (χ0) is 20.6. The van der Waals surface area contributed by atoms with Crippen LogP contribution in [0.25, 0.3) is 16.6 Å². The lowest BCUT2D eigenvalue weighted by atomic mass is 10.2. The molecule has 1 N–H and O–H groups in total. The van der Waals surface area contributed by atoms with E-state index in [-0.39, 0.29) is 5.69 Å². The fourth-order valence-electron chi connectivity index (χ4n) is 2.74. The van der Waals surface area contributed by atoms with Crippen molar-refractivity contribution in [2.45, 2.75) is 23.5 Å². The summed E-state index contributed by atoms with van der Waals surface area (Å²) in [6.07, 6.45) is -2.93. The number of aromatic nitrogens is 4. The summed E-state index contributed by atoms with van der Waals surface area (Å²) in [6, 6.07) is 12.0. The van der Waals surface area contributed by atoms with Gasteiger partial charge in [0.2, 0.25) is 11.1 Å². The van der Waals surface area contributed by atoms with E-state index >= 15 is 0 Å². The third kappa shape index (κ3) is 4.02. The van der Waals surface area contributed by atoms with E-state index in [0.29, 0.717) is 10.8 Å². The Morgan fingerprint density at radius 1 is 1.17 bits per heavy atom. The number of fused-ring (bicyclic) bond motifs is 3. The first kappa shape index (κ1) is 19.2. The highest BCUT2D eigenvalue weighted by Crippen LogP contribution is 2.31. The number of thioether (sulfide) groups is 1. The zero-order valence-corrected chi connectivity index (χ0v) is 15.8. The van der Waals surface area contributed by atoms with E-state index in [4.69, 9.17) is 0 Å². The maximum absolute atomic E-state index is 12.8. The van der Waals surface area contributed by atoms with Crippen molar-refractivity contribution in [3.05, 3.63) is 60.4 Å². The Kier molecular flexibility index (Phi) is 4.87. The smallest absolute Gasteiger partial charge is 0.325 e. The van der Waals surface area contributed by atoms with Gasteiger partial charge >= 0.3 is 6.18 Å². The van der Waals surface area contributed by atoms with Gasteiger partial charge in [0.05, 0.1) is 16.3 Å². The number of halogens is 3. The Balaban J connectivity index is 1.51. The van der Waals surface area contributed by atoms with Crippen LogP contribution in [-0.4, -0.2) is 30.7 Å². The monoisotopic (exact) mass is 417 g/mol. The first-order chi connectivity index (χ1) is 13.8. The highest BCUT2D eigenvalue weighted by Gasteiger charge is 2.30. The number of alkyl halides is 3. The third-order valence-electron chi connectivity index (χ3n) is 4.17. The molecule has 0 fully saturated rings. The molecule has 0 unspecified atom stereocenters. The largest absolute Gasteiger partial charge is 0.416 e. The Morgan fingerprint density at radius 3 is 2.76 bits per heavy atom. The average molecular weight is 417 g/mol. The van der Waals surface area contributed by atoms with Crippen LogP contribution < -0.4 is 5.32 Å². The molecule has 4 aromatic rings. The minimum Gasteiger partial charge on any atom is -0.325 e. The zero-order valence-electron chi connectivity index (χ0n) is 15.0. The molecule has 148 valence electrons. The Labute approximate surface area is 167 Å². The topological polar surface area (TPSA) is 72.2 Å². The Morgan fingerprint density at radius 2 is 1.97 bits per heavy atom. The minimum absolute atomic E-state index is 0.0791. The molecule has 0 saturated carbocycles. The normalized spacial score (nSPS) is 13.0. The second kappa shape index (κ2) is 7.36. The molecule has 0 spiro atoms. The van der Waals surface area contributed by atoms with E-state index in [2.05, 4.69) is 20.4 Å². The van der Waals surface area contributed by atoms with Crippen LogP contribution in [0.2, 0.25) is 0 Å². The molecule has 29 heavy (non-hydrogen) atoms. The van der Waals surface area contributed by atoms with Crippen molar-refractivity contribution in [2.75, 3.05) is 5.32 Å². The number of anilines is 1. The molecular formula is C19H14F3N5OS. The summed E-state index contributed by atoms with van der Waals surface area (Å²) in [4.78, 5) is 21.2. The van der Waals surface area contributed by atoms with Crippen molar-refractivity contribution in [2.24, 2.45) is 0 Å². The number of hydrogen-bond donors (Lipinski definition) is 1. The fourth-order valence-corrected chi connectivity index (χ4v) is 3.50. The van der Waals surface area contributed by atoms with Gasteiger partial charge in [0.1, 0.15) is 6.33 Å². The van der Waals surface area contributed by atoms with Crippen LogP contribution in [0.15, 0.2) is 60.0 Å². The van der Waals surface area contributed by atoms with E-state index < -0.39 is 22.9 Å². The van der Waals surface area contributed by atoms with Crippen molar-refractivity contribution < 1.29 is 18.0 Å². The molecule has 0 saturated heterocycles. The quantitative estimate of drug-likeness (QED) is 0.498. The predicted octanol–water partition coefficient (Wildman–Crippen LogP) is 4.42. The summed E-state index contributed by atoms with van der Waals surface area (Å²) in [5.74, 6) is -0.448. The van der Waals surface area contributed by atoms with Crippen molar-refractivity contribution in [3.63, 3.8) is 0 Å². The first-order valence-electron chi connectivity index (χ1n) is 8.56. The van der Waals surface area contributed by atoms with Crippen molar-refractivity contribution >= 4 is 39.9 Å². The number of benzene rings is 2. The molecule has 10 heteroatoms. The summed E-state index contributed by atoms with van der Waals surface area (Å²) in [7, 11) is 0. The van der Waals surface area contributed by atoms with Gasteiger partial charge in [-0.2, -0.15) is 13.2 Å². The standard InChI is InChI=1S/C19H14F3N5OS/c1-11(17(28)24-13-6-4-5-12(9-13)19(20,21)22)29-18-25-16-14-7-2-3-8-15(14)23-10-27(16)26-18/h2-11H,1H3,(H,24,28)/t11-/m0/s1. The van der Waals surface area contributed by atoms with E-state index in [1.807, 2.05) is 24.3 Å². The molecule has 0 bridgehead atoms. The van der Waals surface area contributed by atoms with Crippen LogP contribution >= 0.6 is 11.8 Å². The number of rotatable bonds is 4. The second-order valence-corrected chi connectivity index (χ2v) is 7.56. The van der Waals surface area contributed by atoms with Crippen LogP contribution in [0.5, 0.6) is 0 Å². The minimum atomic E-state index is -4.47. The van der Waals surface area contributed by atoms with Gasteiger partial charge in [0.15, 0.2) is 5.65 Å². The molecule has 2 aromatic carbocycles. The molecule has 6 nitrogen and oxygen atoms in total. The van der Waals surface area contributed by atoms with Crippen molar-refractivity contribution in [3.8, 4) is 0 Å². The molecule has 2 heterocycles. The second-order valence-electron chi connectivity index (χ2n) is 6.25. The van der Waals surface area contributed by atoms with Crippen molar-refractivity contribution in [1.29, 1.82) is 0 Å². The van der Waals surface area contributed by atoms with Crippen LogP contribution in [0, 0.1) is 0 Å². The van der Waals surface area contributed by atoms with Gasteiger partial charge in [-0.25, -0.2) is 14.5 Å². The van der Waals surface area contributed by atoms with E-state index in [1.54, 1.807) is 13.3 Å². The number of nitrogens with one attached hydrogen (secondary N) is 1. The Bertz CT molecular complexity index is 1210. The number of para-hydroxylation sites is 1. The fraction of sp³-hybridized carbons (Fsp3) is 0.158. The lowest BCUT2D eigenvalue weighted by Gasteiger charge is -2.12. The first-order valence-corrected chi connectivity index (χ1v) is 9.44. The number of hydrogen-bond acceptors (Lipinski definition) is 5. The highest BCUT2D eigenvalue weighted by atomic mass is 32.2. The van der Waals surface area contributed by atoms with Gasteiger partial charge < -0.3 is 5.32 Å². The lowest BCUT2D eigenvalue weighted by Crippen LogP contribution is -2.22. The van der Waals surface area contributed by atoms with Crippen LogP contribution in [-0.2, 0) is 11.0 Å². The third-order valence-corrected chi connectivity index (χ3v) is 5.12. The van der Waals surface area contributed by atoms with Gasteiger partial charge in [-0.05, 0) is 37.3 Å². The number of carbonyl (C=O) groups excluding carboxylic acids is 1. The number of carbonyl (C=O) groups is 1. The number of nitrogens with zero attached hydrogens (tertiary/aromatic N) is 4. The van der Waals surface area contributed by atoms with Crippen LogP contribution in [0.1, 0.15) is 12.5 Å². The molecule has 0 radical (unpaired) electrons. The number of amides is 1. The molecule has 4 rings (SSSR count). The van der Waals surface area contributed by atoms with Gasteiger partial charge in [-0.3, -0.25) is 4.79 Å². The van der Waals surface area contributed by atoms with E-state index in [9.17, 15) is 18.0 Å². The molecule has 0 aliphatic rings. The summed E-state index contributed by atoms with van der Waals surface area (Å²) in [5.41, 5.74) is 0.648. The van der Waals surface area contributed by atoms with Gasteiger partial charge in [-0.15, -0.1) is 5.10 Å². The van der Waals surface area contributed by atoms with E-state index in [1.165, 1.54) is 16.6 Å². The molecule has 1 atom stereocenters. The van der Waals surface area contributed by atoms with Crippen LogP contribution in [0.4, 0.5) is 18.9 Å². The molecule has 0 aliphatic heterocycles. The molecule has 1 amide bonds. The predicted molar refractivity (Wildman–Crippen MR) is 104 cm³/mol. The van der Waals surface area contributed by atoms with Gasteiger partial charge in [0, 0.05) is 11.1 Å². The van der Waals surface area contributed by atoms with Gasteiger partial charge in [0.25, 0.3) is 0 Å². The van der Waals surface area contributed by atoms with Crippen LogP contribution in [0.3, 0.4) is 0 Å². The van der Waals surface area contributed by atoms with Gasteiger partial charge in [-0.1, -0.05) is 30.0 Å². The molecular weight excluding hydrogens is 403 g/mol. The van der Waals surface area contributed by atoms with E-state index in [0.717, 1.165) is 34.8 Å². The lowest BCUT2D eigenvalue weighted by molar-refractivity contribution is -0.137. The Hall–Kier alpha value is -3.14. The average Bonchev–Trinajstić information content (AvgIpc) is 3.10. The molecule has 2 aromatic heterocycles. The summed E-state index contributed by atoms with van der Waals surface area (Å²) >= 11 is 1.11. The summed E-state index contributed by atoms with van der Waals surface area (Å²) in [6.45, 7) is 1.63. The van der Waals surface area contributed by atoms with Crippen molar-refractivity contribution in [1.82, 2.24) is 19.6 Å².